The minimum atomic E-state index is -0.481. The highest BCUT2D eigenvalue weighted by molar-refractivity contribution is 6.30. The van der Waals surface area contributed by atoms with E-state index in [1.807, 2.05) is 42.5 Å². The van der Waals surface area contributed by atoms with Gasteiger partial charge in [0.05, 0.1) is 5.92 Å². The SMILES string of the molecule is CC(C)(C)c1cc(C(C(=O)c2ccc(Cl)cc2)c2ccccc2)cc(C(C)(C)C)c1O. The number of hydrogen-bond acceptors (Lipinski definition) is 2. The Morgan fingerprint density at radius 1 is 0.774 bits per heavy atom. The zero-order chi connectivity index (χ0) is 23.0. The summed E-state index contributed by atoms with van der Waals surface area (Å²) in [6.07, 6.45) is 0. The van der Waals surface area contributed by atoms with Gasteiger partial charge < -0.3 is 5.11 Å². The molecule has 1 unspecified atom stereocenters. The quantitative estimate of drug-likeness (QED) is 0.428. The van der Waals surface area contributed by atoms with Gasteiger partial charge in [-0.05, 0) is 57.3 Å². The first-order chi connectivity index (χ1) is 14.4. The van der Waals surface area contributed by atoms with Crippen LogP contribution in [0, 0.1) is 0 Å². The lowest BCUT2D eigenvalue weighted by molar-refractivity contribution is 0.0973. The van der Waals surface area contributed by atoms with Gasteiger partial charge in [0.15, 0.2) is 5.78 Å². The van der Waals surface area contributed by atoms with Crippen LogP contribution in [0.5, 0.6) is 5.75 Å². The molecule has 0 saturated carbocycles. The summed E-state index contributed by atoms with van der Waals surface area (Å²) in [5.74, 6) is -0.159. The number of halogens is 1. The minimum absolute atomic E-state index is 0.00766. The number of carbonyl (C=O) groups is 1. The number of aromatic hydroxyl groups is 1. The van der Waals surface area contributed by atoms with Gasteiger partial charge in [0.25, 0.3) is 0 Å². The van der Waals surface area contributed by atoms with Gasteiger partial charge in [-0.15, -0.1) is 0 Å². The van der Waals surface area contributed by atoms with Gasteiger partial charge >= 0.3 is 0 Å². The number of carbonyl (C=O) groups excluding carboxylic acids is 1. The van der Waals surface area contributed by atoms with Crippen LogP contribution in [-0.4, -0.2) is 10.9 Å². The third kappa shape index (κ3) is 5.02. The molecule has 1 atom stereocenters. The molecule has 3 rings (SSSR count). The summed E-state index contributed by atoms with van der Waals surface area (Å²) in [6.45, 7) is 12.5. The number of ketones is 1. The lowest BCUT2D eigenvalue weighted by Crippen LogP contribution is -2.21. The highest BCUT2D eigenvalue weighted by atomic mass is 35.5. The third-order valence-corrected chi connectivity index (χ3v) is 5.86. The first kappa shape index (κ1) is 23.1. The molecule has 1 N–H and O–H groups in total. The van der Waals surface area contributed by atoms with Gasteiger partial charge in [-0.2, -0.15) is 0 Å². The van der Waals surface area contributed by atoms with E-state index >= 15 is 0 Å². The molecular weight excluding hydrogens is 404 g/mol. The van der Waals surface area contributed by atoms with Crippen LogP contribution in [-0.2, 0) is 10.8 Å². The lowest BCUT2D eigenvalue weighted by atomic mass is 9.75. The topological polar surface area (TPSA) is 37.3 Å². The normalized spacial score (nSPS) is 13.1. The average Bonchev–Trinajstić information content (AvgIpc) is 2.68. The molecule has 0 aliphatic carbocycles. The van der Waals surface area contributed by atoms with Gasteiger partial charge in [-0.1, -0.05) is 95.6 Å². The second-order valence-electron chi connectivity index (χ2n) is 10.2. The van der Waals surface area contributed by atoms with Gasteiger partial charge in [0.2, 0.25) is 0 Å². The van der Waals surface area contributed by atoms with E-state index < -0.39 is 5.92 Å². The second kappa shape index (κ2) is 8.51. The molecule has 162 valence electrons. The van der Waals surface area contributed by atoms with E-state index in [-0.39, 0.29) is 16.6 Å². The van der Waals surface area contributed by atoms with Crippen LogP contribution < -0.4 is 0 Å². The summed E-state index contributed by atoms with van der Waals surface area (Å²) < 4.78 is 0. The molecule has 0 fully saturated rings. The van der Waals surface area contributed by atoms with E-state index in [1.54, 1.807) is 24.3 Å². The van der Waals surface area contributed by atoms with E-state index in [2.05, 4.69) is 41.5 Å². The fraction of sp³-hybridized carbons (Fsp3) is 0.321. The van der Waals surface area contributed by atoms with Crippen LogP contribution in [0.25, 0.3) is 0 Å². The van der Waals surface area contributed by atoms with Crippen molar-refractivity contribution in [3.05, 3.63) is 99.6 Å². The van der Waals surface area contributed by atoms with E-state index in [4.69, 9.17) is 11.6 Å². The maximum atomic E-state index is 13.8. The first-order valence-corrected chi connectivity index (χ1v) is 11.0. The van der Waals surface area contributed by atoms with E-state index in [1.165, 1.54) is 0 Å². The first-order valence-electron chi connectivity index (χ1n) is 10.6. The Hall–Kier alpha value is -2.58. The number of phenolic OH excluding ortho intramolecular Hbond substituents is 1. The molecule has 0 spiro atoms. The summed E-state index contributed by atoms with van der Waals surface area (Å²) in [6, 6.07) is 20.9. The van der Waals surface area contributed by atoms with Gasteiger partial charge in [-0.3, -0.25) is 4.79 Å². The van der Waals surface area contributed by atoms with Crippen molar-refractivity contribution in [2.75, 3.05) is 0 Å². The van der Waals surface area contributed by atoms with Crippen LogP contribution in [0.1, 0.15) is 80.1 Å². The fourth-order valence-electron chi connectivity index (χ4n) is 3.89. The standard InChI is InChI=1S/C28H31ClO2/c1-27(2,3)22-16-20(17-23(26(22)31)28(4,5)6)24(18-10-8-7-9-11-18)25(30)19-12-14-21(29)15-13-19/h7-17,24,31H,1-6H3. The van der Waals surface area contributed by atoms with Crippen molar-refractivity contribution in [2.45, 2.75) is 58.3 Å². The molecular formula is C28H31ClO2. The monoisotopic (exact) mass is 434 g/mol. The van der Waals surface area contributed by atoms with Crippen LogP contribution in [0.4, 0.5) is 0 Å². The molecule has 0 saturated heterocycles. The summed E-state index contributed by atoms with van der Waals surface area (Å²) in [5.41, 5.74) is 3.57. The molecule has 0 radical (unpaired) electrons. The highest BCUT2D eigenvalue weighted by Gasteiger charge is 2.31. The van der Waals surface area contributed by atoms with Crippen molar-refractivity contribution in [1.82, 2.24) is 0 Å². The molecule has 3 aromatic rings. The molecule has 2 nitrogen and oxygen atoms in total. The summed E-state index contributed by atoms with van der Waals surface area (Å²) in [5, 5.41) is 11.7. The summed E-state index contributed by atoms with van der Waals surface area (Å²) >= 11 is 6.05. The molecule has 0 bridgehead atoms. The highest BCUT2D eigenvalue weighted by Crippen LogP contribution is 2.42. The van der Waals surface area contributed by atoms with E-state index in [0.717, 1.165) is 22.3 Å². The zero-order valence-electron chi connectivity index (χ0n) is 19.2. The lowest BCUT2D eigenvalue weighted by Gasteiger charge is -2.30. The van der Waals surface area contributed by atoms with Crippen LogP contribution >= 0.6 is 11.6 Å². The van der Waals surface area contributed by atoms with Gasteiger partial charge in [-0.25, -0.2) is 0 Å². The average molecular weight is 435 g/mol. The predicted molar refractivity (Wildman–Crippen MR) is 130 cm³/mol. The van der Waals surface area contributed by atoms with Crippen molar-refractivity contribution < 1.29 is 9.90 Å². The number of phenols is 1. The number of benzene rings is 3. The number of rotatable bonds is 4. The Morgan fingerprint density at radius 2 is 1.26 bits per heavy atom. The number of Topliss-reactive ketones (excluding diaryl/α,β-unsaturated/α-hetero) is 1. The maximum absolute atomic E-state index is 13.8. The van der Waals surface area contributed by atoms with Crippen molar-refractivity contribution in [2.24, 2.45) is 0 Å². The van der Waals surface area contributed by atoms with Crippen molar-refractivity contribution in [3.63, 3.8) is 0 Å². The third-order valence-electron chi connectivity index (χ3n) is 5.61. The minimum Gasteiger partial charge on any atom is -0.507 e. The molecule has 31 heavy (non-hydrogen) atoms. The summed E-state index contributed by atoms with van der Waals surface area (Å²) in [4.78, 5) is 13.8. The second-order valence-corrected chi connectivity index (χ2v) is 10.6. The Balaban J connectivity index is 2.29. The predicted octanol–water partition coefficient (Wildman–Crippen LogP) is 7.66. The Kier molecular flexibility index (Phi) is 6.34. The smallest absolute Gasteiger partial charge is 0.174 e. The van der Waals surface area contributed by atoms with E-state index in [0.29, 0.717) is 16.3 Å². The van der Waals surface area contributed by atoms with E-state index in [9.17, 15) is 9.90 Å². The molecule has 0 heterocycles. The van der Waals surface area contributed by atoms with Gasteiger partial charge in [0.1, 0.15) is 5.75 Å². The molecule has 0 aliphatic rings. The Bertz CT molecular complexity index is 1030. The zero-order valence-corrected chi connectivity index (χ0v) is 19.9. The van der Waals surface area contributed by atoms with Crippen molar-refractivity contribution in [1.29, 1.82) is 0 Å². The summed E-state index contributed by atoms with van der Waals surface area (Å²) in [7, 11) is 0. The van der Waals surface area contributed by atoms with Crippen LogP contribution in [0.3, 0.4) is 0 Å². The largest absolute Gasteiger partial charge is 0.507 e. The molecule has 3 aromatic carbocycles. The molecule has 0 aromatic heterocycles. The maximum Gasteiger partial charge on any atom is 0.174 e. The molecule has 3 heteroatoms. The van der Waals surface area contributed by atoms with Crippen LogP contribution in [0.2, 0.25) is 5.02 Å². The van der Waals surface area contributed by atoms with Gasteiger partial charge in [0, 0.05) is 10.6 Å². The van der Waals surface area contributed by atoms with Crippen molar-refractivity contribution in [3.8, 4) is 5.75 Å². The molecule has 0 amide bonds. The number of hydrogen-bond donors (Lipinski definition) is 1. The molecule has 0 aliphatic heterocycles. The fourth-order valence-corrected chi connectivity index (χ4v) is 4.01. The van der Waals surface area contributed by atoms with Crippen molar-refractivity contribution >= 4 is 17.4 Å². The Labute approximate surface area is 190 Å². The van der Waals surface area contributed by atoms with Crippen LogP contribution in [0.15, 0.2) is 66.7 Å². The Morgan fingerprint density at radius 3 is 1.71 bits per heavy atom.